The Kier molecular flexibility index (Phi) is 3.64. The van der Waals surface area contributed by atoms with Gasteiger partial charge in [-0.25, -0.2) is 0 Å². The van der Waals surface area contributed by atoms with Crippen molar-refractivity contribution in [3.8, 4) is 0 Å². The van der Waals surface area contributed by atoms with E-state index in [1.54, 1.807) is 4.90 Å². The Morgan fingerprint density at radius 1 is 1.19 bits per heavy atom. The zero-order valence-electron chi connectivity index (χ0n) is 14.9. The molecule has 3 aromatic rings. The Bertz CT molecular complexity index is 999. The van der Waals surface area contributed by atoms with E-state index in [0.29, 0.717) is 18.7 Å². The van der Waals surface area contributed by atoms with Crippen molar-refractivity contribution in [1.82, 2.24) is 9.88 Å². The molecule has 1 aromatic heterocycles. The highest BCUT2D eigenvalue weighted by Crippen LogP contribution is 2.68. The Balaban J connectivity index is 1.43. The minimum absolute atomic E-state index is 0.0152. The summed E-state index contributed by atoms with van der Waals surface area (Å²) in [6.07, 6.45) is 1.23. The lowest BCUT2D eigenvalue weighted by Crippen LogP contribution is -2.29. The fourth-order valence-corrected chi connectivity index (χ4v) is 5.09. The number of aromatic amines is 1. The molecule has 1 aliphatic carbocycles. The third-order valence-corrected chi connectivity index (χ3v) is 6.49. The van der Waals surface area contributed by atoms with E-state index in [2.05, 4.69) is 4.98 Å². The molecule has 1 saturated heterocycles. The van der Waals surface area contributed by atoms with Crippen molar-refractivity contribution in [2.24, 2.45) is 11.3 Å². The lowest BCUT2D eigenvalue weighted by Gasteiger charge is -2.17. The summed E-state index contributed by atoms with van der Waals surface area (Å²) in [7, 11) is 0. The molecule has 5 nitrogen and oxygen atoms in total. The van der Waals surface area contributed by atoms with Crippen LogP contribution in [0.25, 0.3) is 10.9 Å². The number of rotatable bonds is 3. The first-order chi connectivity index (χ1) is 13.1. The number of amides is 1. The number of carbonyl (C=O) groups excluding carboxylic acids is 1. The number of aliphatic hydroxyl groups is 2. The van der Waals surface area contributed by atoms with Crippen LogP contribution in [0.15, 0.2) is 60.8 Å². The number of hydrogen-bond donors (Lipinski definition) is 3. The highest BCUT2D eigenvalue weighted by molar-refractivity contribution is 5.98. The minimum Gasteiger partial charge on any atom is -0.396 e. The molecule has 27 heavy (non-hydrogen) atoms. The Labute approximate surface area is 157 Å². The molecule has 2 fully saturated rings. The zero-order valence-corrected chi connectivity index (χ0v) is 14.9. The predicted molar refractivity (Wildman–Crippen MR) is 102 cm³/mol. The molecule has 0 radical (unpaired) electrons. The van der Waals surface area contributed by atoms with E-state index >= 15 is 0 Å². The molecule has 0 unspecified atom stereocenters. The molecule has 138 valence electrons. The molecular formula is C22H22N2O3. The maximum absolute atomic E-state index is 13.1. The number of aliphatic hydroxyl groups excluding tert-OH is 2. The van der Waals surface area contributed by atoms with Crippen molar-refractivity contribution in [1.29, 1.82) is 0 Å². The van der Waals surface area contributed by atoms with Crippen LogP contribution in [0, 0.1) is 11.3 Å². The number of nitrogens with one attached hydrogen (secondary N) is 1. The highest BCUT2D eigenvalue weighted by Gasteiger charge is 2.71. The second kappa shape index (κ2) is 5.94. The standard InChI is InChI=1S/C22H22N2O3/c25-12-17-20(15-4-2-1-3-5-15)22(17)13-24(11-19(22)26)21(27)16-7-6-14-8-9-23-18(14)10-16/h1-10,17,19-20,23,25-26H,11-13H2/t17-,19-,20-,22-/m1/s1. The number of nitrogens with zero attached hydrogens (tertiary/aromatic N) is 1. The van der Waals surface area contributed by atoms with E-state index in [9.17, 15) is 15.0 Å². The number of aromatic nitrogens is 1. The van der Waals surface area contributed by atoms with Crippen LogP contribution < -0.4 is 0 Å². The number of likely N-dealkylation sites (tertiary alicyclic amines) is 1. The van der Waals surface area contributed by atoms with Crippen molar-refractivity contribution in [3.63, 3.8) is 0 Å². The van der Waals surface area contributed by atoms with Crippen molar-refractivity contribution >= 4 is 16.8 Å². The average molecular weight is 362 g/mol. The summed E-state index contributed by atoms with van der Waals surface area (Å²) in [5.41, 5.74) is 2.23. The van der Waals surface area contributed by atoms with Gasteiger partial charge in [-0.3, -0.25) is 4.79 Å². The van der Waals surface area contributed by atoms with Crippen LogP contribution in [0.3, 0.4) is 0 Å². The summed E-state index contributed by atoms with van der Waals surface area (Å²) in [6, 6.07) is 17.6. The van der Waals surface area contributed by atoms with E-state index in [4.69, 9.17) is 0 Å². The van der Waals surface area contributed by atoms with Crippen molar-refractivity contribution in [2.45, 2.75) is 12.0 Å². The van der Waals surface area contributed by atoms with Gasteiger partial charge in [0, 0.05) is 42.4 Å². The number of fused-ring (bicyclic) bond motifs is 1. The SMILES string of the molecule is O=C(c1ccc2cc[nH]c2c1)N1C[C@@H](O)[C@@]2(C1)[C@H](CO)[C@H]2c1ccccc1. The smallest absolute Gasteiger partial charge is 0.254 e. The predicted octanol–water partition coefficient (Wildman–Crippen LogP) is 2.38. The van der Waals surface area contributed by atoms with Gasteiger partial charge in [0.1, 0.15) is 0 Å². The van der Waals surface area contributed by atoms with E-state index in [1.807, 2.05) is 60.8 Å². The quantitative estimate of drug-likeness (QED) is 0.670. The van der Waals surface area contributed by atoms with Gasteiger partial charge in [-0.05, 0) is 41.0 Å². The highest BCUT2D eigenvalue weighted by atomic mass is 16.3. The van der Waals surface area contributed by atoms with Crippen LogP contribution in [0.4, 0.5) is 0 Å². The van der Waals surface area contributed by atoms with Crippen LogP contribution in [0.2, 0.25) is 0 Å². The number of hydrogen-bond acceptors (Lipinski definition) is 3. The molecule has 1 saturated carbocycles. The van der Waals surface area contributed by atoms with Crippen molar-refractivity contribution < 1.29 is 15.0 Å². The molecule has 3 N–H and O–H groups in total. The van der Waals surface area contributed by atoms with Gasteiger partial charge in [0.05, 0.1) is 6.10 Å². The van der Waals surface area contributed by atoms with Gasteiger partial charge < -0.3 is 20.1 Å². The van der Waals surface area contributed by atoms with Crippen LogP contribution in [-0.4, -0.2) is 51.8 Å². The van der Waals surface area contributed by atoms with E-state index in [1.165, 1.54) is 0 Å². The summed E-state index contributed by atoms with van der Waals surface area (Å²) in [5.74, 6) is -0.00111. The van der Waals surface area contributed by atoms with Crippen LogP contribution in [0.1, 0.15) is 21.8 Å². The Morgan fingerprint density at radius 3 is 2.78 bits per heavy atom. The van der Waals surface area contributed by atoms with E-state index < -0.39 is 11.5 Å². The van der Waals surface area contributed by atoms with Gasteiger partial charge in [-0.15, -0.1) is 0 Å². The largest absolute Gasteiger partial charge is 0.396 e. The summed E-state index contributed by atoms with van der Waals surface area (Å²) in [5, 5.41) is 21.8. The number of carbonyl (C=O) groups is 1. The Morgan fingerprint density at radius 2 is 2.00 bits per heavy atom. The zero-order chi connectivity index (χ0) is 18.6. The molecular weight excluding hydrogens is 340 g/mol. The van der Waals surface area contributed by atoms with Crippen LogP contribution >= 0.6 is 0 Å². The minimum atomic E-state index is -0.627. The summed E-state index contributed by atoms with van der Waals surface area (Å²) in [4.78, 5) is 17.9. The second-order valence-electron chi connectivity index (χ2n) is 7.77. The number of H-pyrrole nitrogens is 1. The van der Waals surface area contributed by atoms with Crippen molar-refractivity contribution in [2.75, 3.05) is 19.7 Å². The normalized spacial score (nSPS) is 29.6. The van der Waals surface area contributed by atoms with Crippen LogP contribution in [-0.2, 0) is 0 Å². The number of benzene rings is 2. The van der Waals surface area contributed by atoms with Crippen molar-refractivity contribution in [3.05, 3.63) is 71.9 Å². The monoisotopic (exact) mass is 362 g/mol. The lowest BCUT2D eigenvalue weighted by molar-refractivity contribution is 0.0764. The second-order valence-corrected chi connectivity index (χ2v) is 7.77. The van der Waals surface area contributed by atoms with Gasteiger partial charge in [0.25, 0.3) is 5.91 Å². The third kappa shape index (κ3) is 2.35. The topological polar surface area (TPSA) is 76.6 Å². The summed E-state index contributed by atoms with van der Waals surface area (Å²) in [6.45, 7) is 0.801. The summed E-state index contributed by atoms with van der Waals surface area (Å²) < 4.78 is 0. The molecule has 2 aromatic carbocycles. The molecule has 1 amide bonds. The maximum atomic E-state index is 13.1. The summed E-state index contributed by atoms with van der Waals surface area (Å²) >= 11 is 0. The molecule has 1 aliphatic heterocycles. The van der Waals surface area contributed by atoms with Gasteiger partial charge in [0.2, 0.25) is 0 Å². The average Bonchev–Trinajstić information content (AvgIpc) is 2.96. The molecule has 1 spiro atoms. The molecule has 2 aliphatic rings. The Hall–Kier alpha value is -2.63. The van der Waals surface area contributed by atoms with E-state index in [0.717, 1.165) is 16.5 Å². The first kappa shape index (κ1) is 16.5. The molecule has 5 heteroatoms. The fourth-order valence-electron chi connectivity index (χ4n) is 5.09. The molecule has 4 atom stereocenters. The van der Waals surface area contributed by atoms with Gasteiger partial charge >= 0.3 is 0 Å². The number of β-amino-alcohol motifs (C(OH)–C–C–N with tert-alkyl or cyclic N) is 1. The third-order valence-electron chi connectivity index (χ3n) is 6.49. The van der Waals surface area contributed by atoms with Gasteiger partial charge in [-0.2, -0.15) is 0 Å². The fraction of sp³-hybridized carbons (Fsp3) is 0.318. The first-order valence-electron chi connectivity index (χ1n) is 9.35. The lowest BCUT2D eigenvalue weighted by atomic mass is 9.95. The molecule has 0 bridgehead atoms. The molecule has 2 heterocycles. The van der Waals surface area contributed by atoms with Crippen LogP contribution in [0.5, 0.6) is 0 Å². The maximum Gasteiger partial charge on any atom is 0.254 e. The van der Waals surface area contributed by atoms with E-state index in [-0.39, 0.29) is 24.3 Å². The van der Waals surface area contributed by atoms with Gasteiger partial charge in [-0.1, -0.05) is 36.4 Å². The van der Waals surface area contributed by atoms with Gasteiger partial charge in [0.15, 0.2) is 0 Å². The first-order valence-corrected chi connectivity index (χ1v) is 9.35. The molecule has 5 rings (SSSR count).